The van der Waals surface area contributed by atoms with Gasteiger partial charge in [-0.3, -0.25) is 9.20 Å². The Morgan fingerprint density at radius 3 is 2.92 bits per heavy atom. The maximum atomic E-state index is 12.2. The molecule has 26 heavy (non-hydrogen) atoms. The summed E-state index contributed by atoms with van der Waals surface area (Å²) in [6.45, 7) is 2.39. The molecule has 2 heterocycles. The number of nitrogen functional groups attached to an aromatic ring is 1. The minimum atomic E-state index is -0.231. The van der Waals surface area contributed by atoms with Gasteiger partial charge in [-0.05, 0) is 37.8 Å². The third-order valence-electron chi connectivity index (χ3n) is 4.50. The summed E-state index contributed by atoms with van der Waals surface area (Å²) in [7, 11) is 0. The molecule has 3 N–H and O–H groups in total. The zero-order valence-corrected chi connectivity index (χ0v) is 14.4. The zero-order chi connectivity index (χ0) is 18.3. The van der Waals surface area contributed by atoms with E-state index in [1.54, 1.807) is 22.7 Å². The highest BCUT2D eigenvalue weighted by Crippen LogP contribution is 2.46. The van der Waals surface area contributed by atoms with Gasteiger partial charge in [0.1, 0.15) is 11.3 Å². The molecule has 4 rings (SSSR count). The fourth-order valence-corrected chi connectivity index (χ4v) is 3.14. The van der Waals surface area contributed by atoms with Crippen molar-refractivity contribution in [2.24, 2.45) is 0 Å². The number of nitrogens with zero attached hydrogens (tertiary/aromatic N) is 4. The van der Waals surface area contributed by atoms with Crippen LogP contribution in [0, 0.1) is 11.3 Å². The number of imidazole rings is 1. The van der Waals surface area contributed by atoms with Crippen molar-refractivity contribution in [2.75, 3.05) is 12.3 Å². The lowest BCUT2D eigenvalue weighted by molar-refractivity contribution is 0.0951. The Kier molecular flexibility index (Phi) is 3.81. The molecule has 3 aromatic rings. The second kappa shape index (κ2) is 6.15. The monoisotopic (exact) mass is 346 g/mol. The number of benzene rings is 1. The fraction of sp³-hybridized carbons (Fsp3) is 0.263. The molecule has 1 aliphatic rings. The summed E-state index contributed by atoms with van der Waals surface area (Å²) in [4.78, 5) is 21.3. The van der Waals surface area contributed by atoms with Crippen molar-refractivity contribution in [1.82, 2.24) is 19.7 Å². The SMILES string of the molecule is CCNC(=O)c1cn2c(N)nc(-c3cccc(C#N)c3)c(C3CC3)c2n1. The van der Waals surface area contributed by atoms with Crippen molar-refractivity contribution in [3.8, 4) is 17.3 Å². The molecule has 1 aliphatic carbocycles. The minimum Gasteiger partial charge on any atom is -0.369 e. The molecule has 7 heteroatoms. The van der Waals surface area contributed by atoms with E-state index in [4.69, 9.17) is 5.73 Å². The molecular formula is C19H18N6O. The van der Waals surface area contributed by atoms with Gasteiger partial charge in [0.05, 0.1) is 17.3 Å². The number of nitriles is 1. The molecule has 2 aromatic heterocycles. The molecule has 0 saturated heterocycles. The highest BCUT2D eigenvalue weighted by molar-refractivity contribution is 5.93. The van der Waals surface area contributed by atoms with E-state index in [-0.39, 0.29) is 11.9 Å². The van der Waals surface area contributed by atoms with Crippen molar-refractivity contribution >= 4 is 17.5 Å². The average Bonchev–Trinajstić information content (AvgIpc) is 3.38. The summed E-state index contributed by atoms with van der Waals surface area (Å²) < 4.78 is 1.68. The van der Waals surface area contributed by atoms with Gasteiger partial charge in [0.15, 0.2) is 0 Å². The van der Waals surface area contributed by atoms with Gasteiger partial charge in [0.2, 0.25) is 5.95 Å². The predicted octanol–water partition coefficient (Wildman–Crippen LogP) is 2.48. The first kappa shape index (κ1) is 16.1. The van der Waals surface area contributed by atoms with Gasteiger partial charge in [0, 0.05) is 23.9 Å². The predicted molar refractivity (Wildman–Crippen MR) is 97.5 cm³/mol. The summed E-state index contributed by atoms with van der Waals surface area (Å²) in [6.07, 6.45) is 3.73. The Labute approximate surface area is 150 Å². The number of aromatic nitrogens is 3. The third-order valence-corrected chi connectivity index (χ3v) is 4.50. The Balaban J connectivity index is 1.95. The summed E-state index contributed by atoms with van der Waals surface area (Å²) in [5, 5.41) is 11.9. The summed E-state index contributed by atoms with van der Waals surface area (Å²) in [5.41, 5.74) is 10.3. The lowest BCUT2D eigenvalue weighted by atomic mass is 10.0. The maximum absolute atomic E-state index is 12.2. The van der Waals surface area contributed by atoms with Crippen LogP contribution in [0.15, 0.2) is 30.5 Å². The first-order valence-corrected chi connectivity index (χ1v) is 8.59. The van der Waals surface area contributed by atoms with E-state index in [0.717, 1.165) is 29.7 Å². The second-order valence-electron chi connectivity index (χ2n) is 6.38. The molecule has 7 nitrogen and oxygen atoms in total. The number of hydrogen-bond donors (Lipinski definition) is 2. The van der Waals surface area contributed by atoms with E-state index in [2.05, 4.69) is 21.4 Å². The summed E-state index contributed by atoms with van der Waals surface area (Å²) in [5.74, 6) is 0.381. The Hall–Kier alpha value is -3.40. The molecule has 1 amide bonds. The van der Waals surface area contributed by atoms with Crippen molar-refractivity contribution in [1.29, 1.82) is 5.26 Å². The molecule has 0 spiro atoms. The van der Waals surface area contributed by atoms with Crippen LogP contribution in [0.25, 0.3) is 16.9 Å². The molecule has 1 aromatic carbocycles. The quantitative estimate of drug-likeness (QED) is 0.754. The van der Waals surface area contributed by atoms with Gasteiger partial charge < -0.3 is 11.1 Å². The molecule has 0 bridgehead atoms. The normalized spacial score (nSPS) is 13.5. The molecule has 1 fully saturated rings. The summed E-state index contributed by atoms with van der Waals surface area (Å²) >= 11 is 0. The zero-order valence-electron chi connectivity index (χ0n) is 14.4. The van der Waals surface area contributed by atoms with E-state index in [1.165, 1.54) is 0 Å². The molecule has 130 valence electrons. The van der Waals surface area contributed by atoms with E-state index in [1.807, 2.05) is 19.1 Å². The van der Waals surface area contributed by atoms with Gasteiger partial charge in [-0.1, -0.05) is 12.1 Å². The van der Waals surface area contributed by atoms with Gasteiger partial charge in [0.25, 0.3) is 5.91 Å². The molecule has 0 aliphatic heterocycles. The van der Waals surface area contributed by atoms with Gasteiger partial charge in [-0.25, -0.2) is 9.97 Å². The number of nitrogens with two attached hydrogens (primary N) is 1. The molecular weight excluding hydrogens is 328 g/mol. The number of nitrogens with one attached hydrogen (secondary N) is 1. The van der Waals surface area contributed by atoms with Crippen LogP contribution in [-0.4, -0.2) is 26.8 Å². The molecule has 0 unspecified atom stereocenters. The van der Waals surface area contributed by atoms with Crippen LogP contribution < -0.4 is 11.1 Å². The van der Waals surface area contributed by atoms with Crippen molar-refractivity contribution in [3.63, 3.8) is 0 Å². The van der Waals surface area contributed by atoms with Crippen LogP contribution in [0.4, 0.5) is 5.95 Å². The van der Waals surface area contributed by atoms with Crippen molar-refractivity contribution < 1.29 is 4.79 Å². The molecule has 1 saturated carbocycles. The standard InChI is InChI=1S/C19H18N6O/c1-2-22-18(26)14-10-25-17(23-14)15(12-6-7-12)16(24-19(25)21)13-5-3-4-11(8-13)9-20/h3-5,8,10,12H,2,6-7H2,1H3,(H2,21,24)(H,22,26). The summed E-state index contributed by atoms with van der Waals surface area (Å²) in [6, 6.07) is 9.46. The van der Waals surface area contributed by atoms with E-state index in [9.17, 15) is 10.1 Å². The van der Waals surface area contributed by atoms with E-state index >= 15 is 0 Å². The van der Waals surface area contributed by atoms with E-state index in [0.29, 0.717) is 29.4 Å². The Bertz CT molecular complexity index is 1060. The lowest BCUT2D eigenvalue weighted by Gasteiger charge is -2.12. The molecule has 0 atom stereocenters. The van der Waals surface area contributed by atoms with Crippen LogP contribution >= 0.6 is 0 Å². The number of carbonyl (C=O) groups is 1. The van der Waals surface area contributed by atoms with Gasteiger partial charge in [-0.2, -0.15) is 5.26 Å². The number of rotatable bonds is 4. The second-order valence-corrected chi connectivity index (χ2v) is 6.38. The topological polar surface area (TPSA) is 109 Å². The Morgan fingerprint density at radius 1 is 1.42 bits per heavy atom. The highest BCUT2D eigenvalue weighted by Gasteiger charge is 2.32. The molecule has 0 radical (unpaired) electrons. The lowest BCUT2D eigenvalue weighted by Crippen LogP contribution is -2.22. The number of anilines is 1. The van der Waals surface area contributed by atoms with Crippen LogP contribution in [0.3, 0.4) is 0 Å². The van der Waals surface area contributed by atoms with Crippen molar-refractivity contribution in [2.45, 2.75) is 25.7 Å². The first-order valence-electron chi connectivity index (χ1n) is 8.59. The van der Waals surface area contributed by atoms with Crippen LogP contribution in [0.2, 0.25) is 0 Å². The number of amides is 1. The van der Waals surface area contributed by atoms with Gasteiger partial charge >= 0.3 is 0 Å². The van der Waals surface area contributed by atoms with Crippen LogP contribution in [-0.2, 0) is 0 Å². The average molecular weight is 346 g/mol. The number of carbonyl (C=O) groups excluding carboxylic acids is 1. The van der Waals surface area contributed by atoms with Crippen molar-refractivity contribution in [3.05, 3.63) is 47.3 Å². The first-order chi connectivity index (χ1) is 12.6. The fourth-order valence-electron chi connectivity index (χ4n) is 3.14. The maximum Gasteiger partial charge on any atom is 0.271 e. The Morgan fingerprint density at radius 2 is 2.23 bits per heavy atom. The highest BCUT2D eigenvalue weighted by atomic mass is 16.1. The number of hydrogen-bond acceptors (Lipinski definition) is 5. The number of fused-ring (bicyclic) bond motifs is 1. The van der Waals surface area contributed by atoms with Gasteiger partial charge in [-0.15, -0.1) is 0 Å². The van der Waals surface area contributed by atoms with Crippen LogP contribution in [0.1, 0.15) is 47.3 Å². The van der Waals surface area contributed by atoms with E-state index < -0.39 is 0 Å². The van der Waals surface area contributed by atoms with Crippen LogP contribution in [0.5, 0.6) is 0 Å². The third kappa shape index (κ3) is 2.65. The smallest absolute Gasteiger partial charge is 0.271 e. The largest absolute Gasteiger partial charge is 0.369 e. The minimum absolute atomic E-state index is 0.231.